The van der Waals surface area contributed by atoms with Crippen molar-refractivity contribution in [2.45, 2.75) is 6.10 Å². The molecular weight excluding hydrogens is 369 g/mol. The van der Waals surface area contributed by atoms with Crippen LogP contribution in [0.3, 0.4) is 0 Å². The molecule has 0 aliphatic rings. The highest BCUT2D eigenvalue weighted by atomic mass is 19.1. The number of ether oxygens (including phenoxy) is 1. The molecular formula is C19H18FN3O5. The van der Waals surface area contributed by atoms with Gasteiger partial charge in [-0.15, -0.1) is 0 Å². The third-order valence-electron chi connectivity index (χ3n) is 3.55. The molecule has 2 aromatic rings. The molecule has 0 heterocycles. The third kappa shape index (κ3) is 5.90. The number of imide groups is 1. The van der Waals surface area contributed by atoms with Crippen LogP contribution in [0.15, 0.2) is 54.6 Å². The smallest absolute Gasteiger partial charge is 0.326 e. The summed E-state index contributed by atoms with van der Waals surface area (Å²) in [6.07, 6.45) is -1.38. The molecule has 1 atom stereocenters. The van der Waals surface area contributed by atoms with Crippen LogP contribution in [0, 0.1) is 5.82 Å². The summed E-state index contributed by atoms with van der Waals surface area (Å²) in [6.45, 7) is -0.521. The summed E-state index contributed by atoms with van der Waals surface area (Å²) in [5.74, 6) is -2.84. The maximum Gasteiger partial charge on any atom is 0.326 e. The first-order valence-electron chi connectivity index (χ1n) is 8.21. The van der Waals surface area contributed by atoms with Crippen LogP contribution in [0.2, 0.25) is 0 Å². The van der Waals surface area contributed by atoms with Crippen molar-refractivity contribution >= 4 is 23.8 Å². The first-order chi connectivity index (χ1) is 13.4. The van der Waals surface area contributed by atoms with Gasteiger partial charge in [0.05, 0.1) is 0 Å². The van der Waals surface area contributed by atoms with Gasteiger partial charge in [0.2, 0.25) is 6.10 Å². The zero-order valence-electron chi connectivity index (χ0n) is 14.9. The van der Waals surface area contributed by atoms with Gasteiger partial charge in [-0.25, -0.2) is 9.18 Å². The fourth-order valence-corrected chi connectivity index (χ4v) is 2.17. The molecule has 0 aliphatic heterocycles. The van der Waals surface area contributed by atoms with Gasteiger partial charge < -0.3 is 15.4 Å². The Morgan fingerprint density at radius 3 is 2.25 bits per heavy atom. The molecule has 0 radical (unpaired) electrons. The molecule has 0 saturated heterocycles. The number of esters is 1. The lowest BCUT2D eigenvalue weighted by atomic mass is 10.1. The Kier molecular flexibility index (Phi) is 7.21. The summed E-state index contributed by atoms with van der Waals surface area (Å²) in [4.78, 5) is 47.7. The quantitative estimate of drug-likeness (QED) is 0.647. The second-order valence-corrected chi connectivity index (χ2v) is 5.54. The summed E-state index contributed by atoms with van der Waals surface area (Å²) in [6, 6.07) is 12.1. The van der Waals surface area contributed by atoms with Crippen molar-refractivity contribution in [2.75, 3.05) is 13.6 Å². The van der Waals surface area contributed by atoms with Crippen LogP contribution >= 0.6 is 0 Å². The van der Waals surface area contributed by atoms with Gasteiger partial charge >= 0.3 is 12.0 Å². The van der Waals surface area contributed by atoms with E-state index < -0.39 is 42.3 Å². The highest BCUT2D eigenvalue weighted by Crippen LogP contribution is 2.17. The van der Waals surface area contributed by atoms with E-state index in [1.165, 1.54) is 19.2 Å². The molecule has 2 aromatic carbocycles. The number of hydrogen-bond acceptors (Lipinski definition) is 5. The van der Waals surface area contributed by atoms with Crippen molar-refractivity contribution < 1.29 is 28.3 Å². The fourth-order valence-electron chi connectivity index (χ4n) is 2.17. The molecule has 0 spiro atoms. The molecule has 2 rings (SSSR count). The fraction of sp³-hybridized carbons (Fsp3) is 0.158. The lowest BCUT2D eigenvalue weighted by Crippen LogP contribution is -2.42. The largest absolute Gasteiger partial charge is 0.446 e. The maximum absolute atomic E-state index is 12.9. The zero-order valence-corrected chi connectivity index (χ0v) is 14.9. The SMILES string of the molecule is CNC(=O)NC(=O)[C@H](OC(=O)CNC(=O)c1ccc(F)cc1)c1ccccc1. The molecule has 146 valence electrons. The number of carbonyl (C=O) groups is 4. The summed E-state index contributed by atoms with van der Waals surface area (Å²) in [5, 5.41) is 6.58. The van der Waals surface area contributed by atoms with Gasteiger partial charge in [0.15, 0.2) is 0 Å². The number of urea groups is 1. The Morgan fingerprint density at radius 1 is 1.00 bits per heavy atom. The third-order valence-corrected chi connectivity index (χ3v) is 3.55. The van der Waals surface area contributed by atoms with Crippen molar-refractivity contribution in [3.63, 3.8) is 0 Å². The molecule has 4 amide bonds. The van der Waals surface area contributed by atoms with Gasteiger partial charge in [-0.05, 0) is 24.3 Å². The second-order valence-electron chi connectivity index (χ2n) is 5.54. The molecule has 3 N–H and O–H groups in total. The lowest BCUT2D eigenvalue weighted by molar-refractivity contribution is -0.155. The first-order valence-corrected chi connectivity index (χ1v) is 8.21. The van der Waals surface area contributed by atoms with Gasteiger partial charge in [-0.2, -0.15) is 0 Å². The predicted molar refractivity (Wildman–Crippen MR) is 96.6 cm³/mol. The zero-order chi connectivity index (χ0) is 20.5. The van der Waals surface area contributed by atoms with E-state index in [0.717, 1.165) is 12.1 Å². The Hall–Kier alpha value is -3.75. The predicted octanol–water partition coefficient (Wildman–Crippen LogP) is 1.30. The van der Waals surface area contributed by atoms with E-state index in [2.05, 4.69) is 10.6 Å². The van der Waals surface area contributed by atoms with E-state index in [1.807, 2.05) is 5.32 Å². The number of hydrogen-bond donors (Lipinski definition) is 3. The molecule has 0 aromatic heterocycles. The Bertz CT molecular complexity index is 856. The molecule has 0 aliphatic carbocycles. The summed E-state index contributed by atoms with van der Waals surface area (Å²) in [5.41, 5.74) is 0.508. The van der Waals surface area contributed by atoms with E-state index >= 15 is 0 Å². The van der Waals surface area contributed by atoms with E-state index in [9.17, 15) is 23.6 Å². The van der Waals surface area contributed by atoms with E-state index in [0.29, 0.717) is 5.56 Å². The highest BCUT2D eigenvalue weighted by Gasteiger charge is 2.26. The number of carbonyl (C=O) groups excluding carboxylic acids is 4. The van der Waals surface area contributed by atoms with Crippen molar-refractivity contribution in [1.82, 2.24) is 16.0 Å². The number of nitrogens with one attached hydrogen (secondary N) is 3. The molecule has 8 nitrogen and oxygen atoms in total. The van der Waals surface area contributed by atoms with Gasteiger partial charge in [-0.1, -0.05) is 30.3 Å². The van der Waals surface area contributed by atoms with Gasteiger partial charge in [0.1, 0.15) is 12.4 Å². The highest BCUT2D eigenvalue weighted by molar-refractivity contribution is 5.98. The van der Waals surface area contributed by atoms with Gasteiger partial charge in [-0.3, -0.25) is 19.7 Å². The van der Waals surface area contributed by atoms with E-state index in [-0.39, 0.29) is 5.56 Å². The number of benzene rings is 2. The summed E-state index contributed by atoms with van der Waals surface area (Å²) >= 11 is 0. The number of amides is 4. The van der Waals surface area contributed by atoms with Crippen LogP contribution in [0.25, 0.3) is 0 Å². The van der Waals surface area contributed by atoms with Crippen molar-refractivity contribution in [1.29, 1.82) is 0 Å². The average Bonchev–Trinajstić information content (AvgIpc) is 2.71. The lowest BCUT2D eigenvalue weighted by Gasteiger charge is -2.17. The van der Waals surface area contributed by atoms with Gasteiger partial charge in [0.25, 0.3) is 11.8 Å². The molecule has 0 unspecified atom stereocenters. The van der Waals surface area contributed by atoms with Gasteiger partial charge in [0, 0.05) is 18.2 Å². The van der Waals surface area contributed by atoms with Crippen LogP contribution in [0.5, 0.6) is 0 Å². The first kappa shape index (κ1) is 20.6. The molecule has 9 heteroatoms. The summed E-state index contributed by atoms with van der Waals surface area (Å²) < 4.78 is 18.0. The number of rotatable bonds is 6. The minimum atomic E-state index is -1.38. The maximum atomic E-state index is 12.9. The van der Waals surface area contributed by atoms with Crippen LogP contribution in [-0.2, 0) is 14.3 Å². The van der Waals surface area contributed by atoms with E-state index in [4.69, 9.17) is 4.74 Å². The Morgan fingerprint density at radius 2 is 1.64 bits per heavy atom. The molecule has 0 fully saturated rings. The van der Waals surface area contributed by atoms with E-state index in [1.54, 1.807) is 30.3 Å². The van der Waals surface area contributed by atoms with Crippen LogP contribution in [-0.4, -0.2) is 37.4 Å². The van der Waals surface area contributed by atoms with Crippen LogP contribution in [0.4, 0.5) is 9.18 Å². The topological polar surface area (TPSA) is 114 Å². The minimum absolute atomic E-state index is 0.158. The van der Waals surface area contributed by atoms with Crippen molar-refractivity contribution in [2.24, 2.45) is 0 Å². The molecule has 28 heavy (non-hydrogen) atoms. The second kappa shape index (κ2) is 9.81. The minimum Gasteiger partial charge on any atom is -0.446 e. The molecule has 0 bridgehead atoms. The average molecular weight is 387 g/mol. The van der Waals surface area contributed by atoms with Crippen LogP contribution in [0.1, 0.15) is 22.0 Å². The molecule has 0 saturated carbocycles. The number of halogens is 1. The monoisotopic (exact) mass is 387 g/mol. The Balaban J connectivity index is 2.01. The van der Waals surface area contributed by atoms with Crippen molar-refractivity contribution in [3.05, 3.63) is 71.5 Å². The normalized spacial score (nSPS) is 11.1. The summed E-state index contributed by atoms with van der Waals surface area (Å²) in [7, 11) is 1.33. The Labute approximate surface area is 160 Å². The van der Waals surface area contributed by atoms with Crippen LogP contribution < -0.4 is 16.0 Å². The standard InChI is InChI=1S/C19H18FN3O5/c1-21-19(27)23-18(26)16(12-5-3-2-4-6-12)28-15(24)11-22-17(25)13-7-9-14(20)10-8-13/h2-10,16H,11H2,1H3,(H,22,25)(H2,21,23,26,27)/t16-/m1/s1. The van der Waals surface area contributed by atoms with Crippen molar-refractivity contribution in [3.8, 4) is 0 Å².